The summed E-state index contributed by atoms with van der Waals surface area (Å²) in [6, 6.07) is 7.53. The van der Waals surface area contributed by atoms with Crippen LogP contribution in [0.3, 0.4) is 0 Å². The molecular weight excluding hydrogens is 382 g/mol. The van der Waals surface area contributed by atoms with Crippen molar-refractivity contribution >= 4 is 34.1 Å². The van der Waals surface area contributed by atoms with Crippen molar-refractivity contribution in [1.82, 2.24) is 20.5 Å². The highest BCUT2D eigenvalue weighted by atomic mass is 32.2. The molecule has 0 saturated heterocycles. The van der Waals surface area contributed by atoms with Gasteiger partial charge < -0.3 is 15.1 Å². The molecule has 1 amide bonds. The summed E-state index contributed by atoms with van der Waals surface area (Å²) in [5.41, 5.74) is 0.971. The monoisotopic (exact) mass is 403 g/mol. The Morgan fingerprint density at radius 1 is 1.26 bits per heavy atom. The summed E-state index contributed by atoms with van der Waals surface area (Å²) in [6.45, 7) is 5.06. The van der Waals surface area contributed by atoms with Crippen molar-refractivity contribution in [2.75, 3.05) is 5.32 Å². The molecule has 27 heavy (non-hydrogen) atoms. The van der Waals surface area contributed by atoms with Crippen molar-refractivity contribution in [3.8, 4) is 0 Å². The maximum atomic E-state index is 12.6. The third-order valence-corrected chi connectivity index (χ3v) is 6.19. The van der Waals surface area contributed by atoms with E-state index in [2.05, 4.69) is 25.8 Å². The molecule has 0 spiro atoms. The van der Waals surface area contributed by atoms with Gasteiger partial charge in [0.2, 0.25) is 11.0 Å². The molecule has 0 aliphatic carbocycles. The van der Waals surface area contributed by atoms with Crippen LogP contribution in [0.1, 0.15) is 25.2 Å². The lowest BCUT2D eigenvalue weighted by Crippen LogP contribution is -2.35. The van der Waals surface area contributed by atoms with Crippen molar-refractivity contribution in [3.63, 3.8) is 0 Å². The van der Waals surface area contributed by atoms with Gasteiger partial charge in [0.25, 0.3) is 0 Å². The molecule has 3 rings (SSSR count). The molecule has 9 heteroatoms. The first-order valence-electron chi connectivity index (χ1n) is 8.55. The van der Waals surface area contributed by atoms with Crippen LogP contribution in [0.4, 0.5) is 5.13 Å². The van der Waals surface area contributed by atoms with Crippen LogP contribution in [0.2, 0.25) is 0 Å². The summed E-state index contributed by atoms with van der Waals surface area (Å²) in [4.78, 5) is 16.7. The molecular formula is C18H21N5O2S2. The number of anilines is 1. The summed E-state index contributed by atoms with van der Waals surface area (Å²) in [5, 5.41) is 14.9. The maximum absolute atomic E-state index is 12.6. The van der Waals surface area contributed by atoms with Gasteiger partial charge in [-0.1, -0.05) is 43.0 Å². The van der Waals surface area contributed by atoms with Gasteiger partial charge in [0, 0.05) is 18.9 Å². The summed E-state index contributed by atoms with van der Waals surface area (Å²) in [6.07, 6.45) is 5.10. The van der Waals surface area contributed by atoms with Gasteiger partial charge in [-0.05, 0) is 29.7 Å². The lowest BCUT2D eigenvalue weighted by molar-refractivity contribution is -0.121. The number of rotatable bonds is 9. The number of hydrogen-bond donors (Lipinski definition) is 2. The van der Waals surface area contributed by atoms with Crippen molar-refractivity contribution < 1.29 is 9.21 Å². The van der Waals surface area contributed by atoms with Gasteiger partial charge in [-0.2, -0.15) is 0 Å². The van der Waals surface area contributed by atoms with Crippen molar-refractivity contribution in [2.45, 2.75) is 36.5 Å². The molecule has 0 aliphatic heterocycles. The molecule has 3 aromatic heterocycles. The molecule has 7 nitrogen and oxygen atoms in total. The Bertz CT molecular complexity index is 837. The molecule has 0 saturated carbocycles. The lowest BCUT2D eigenvalue weighted by Gasteiger charge is -2.18. The SMILES string of the molecule is CC(C)C(Sc1nnc(NCc2ccco2)s1)C(=O)NCc1cccnc1. The molecule has 2 N–H and O–H groups in total. The Morgan fingerprint density at radius 3 is 2.85 bits per heavy atom. The number of aromatic nitrogens is 3. The Morgan fingerprint density at radius 2 is 2.15 bits per heavy atom. The molecule has 3 heterocycles. The number of nitrogens with one attached hydrogen (secondary N) is 2. The highest BCUT2D eigenvalue weighted by molar-refractivity contribution is 8.02. The van der Waals surface area contributed by atoms with Crippen LogP contribution in [-0.4, -0.2) is 26.3 Å². The molecule has 3 aromatic rings. The van der Waals surface area contributed by atoms with Gasteiger partial charge >= 0.3 is 0 Å². The standard InChI is InChI=1S/C18H21N5O2S2/c1-12(2)15(16(24)20-10-13-5-3-7-19-9-13)26-18-23-22-17(27-18)21-11-14-6-4-8-25-14/h3-9,12,15H,10-11H2,1-2H3,(H,20,24)(H,21,22). The van der Waals surface area contributed by atoms with Crippen LogP contribution >= 0.6 is 23.1 Å². The molecule has 1 atom stereocenters. The zero-order valence-corrected chi connectivity index (χ0v) is 16.7. The largest absolute Gasteiger partial charge is 0.467 e. The molecule has 0 fully saturated rings. The molecule has 142 valence electrons. The maximum Gasteiger partial charge on any atom is 0.234 e. The van der Waals surface area contributed by atoms with Crippen LogP contribution in [0.15, 0.2) is 51.7 Å². The van der Waals surface area contributed by atoms with E-state index < -0.39 is 0 Å². The van der Waals surface area contributed by atoms with E-state index in [-0.39, 0.29) is 17.1 Å². The number of thioether (sulfide) groups is 1. The first kappa shape index (κ1) is 19.4. The summed E-state index contributed by atoms with van der Waals surface area (Å²) >= 11 is 2.87. The number of nitrogens with zero attached hydrogens (tertiary/aromatic N) is 3. The van der Waals surface area contributed by atoms with Crippen molar-refractivity contribution in [1.29, 1.82) is 0 Å². The third kappa shape index (κ3) is 5.80. The molecule has 0 aromatic carbocycles. The molecule has 0 aliphatic rings. The third-order valence-electron chi connectivity index (χ3n) is 3.68. The van der Waals surface area contributed by atoms with Crippen LogP contribution in [-0.2, 0) is 17.9 Å². The van der Waals surface area contributed by atoms with Crippen LogP contribution in [0.25, 0.3) is 0 Å². The minimum absolute atomic E-state index is 0.0147. The minimum Gasteiger partial charge on any atom is -0.467 e. The van der Waals surface area contributed by atoms with Gasteiger partial charge in [0.15, 0.2) is 4.34 Å². The fourth-order valence-electron chi connectivity index (χ4n) is 2.30. The number of furan rings is 1. The smallest absolute Gasteiger partial charge is 0.234 e. The average Bonchev–Trinajstić information content (AvgIpc) is 3.35. The Labute approximate surface area is 166 Å². The quantitative estimate of drug-likeness (QED) is 0.528. The number of amides is 1. The fraction of sp³-hybridized carbons (Fsp3) is 0.333. The summed E-state index contributed by atoms with van der Waals surface area (Å²) in [5.74, 6) is 0.973. The minimum atomic E-state index is -0.243. The number of carbonyl (C=O) groups is 1. The van der Waals surface area contributed by atoms with Crippen molar-refractivity contribution in [2.24, 2.45) is 5.92 Å². The number of hydrogen-bond acceptors (Lipinski definition) is 8. The highest BCUT2D eigenvalue weighted by Gasteiger charge is 2.25. The normalized spacial score (nSPS) is 12.1. The van der Waals surface area contributed by atoms with Gasteiger partial charge in [-0.15, -0.1) is 10.2 Å². The Kier molecular flexibility index (Phi) is 6.83. The molecule has 0 bridgehead atoms. The van der Waals surface area contributed by atoms with Gasteiger partial charge in [-0.3, -0.25) is 9.78 Å². The van der Waals surface area contributed by atoms with Crippen molar-refractivity contribution in [3.05, 3.63) is 54.2 Å². The van der Waals surface area contributed by atoms with E-state index in [0.29, 0.717) is 18.2 Å². The topological polar surface area (TPSA) is 92.9 Å². The zero-order valence-electron chi connectivity index (χ0n) is 15.1. The van der Waals surface area contributed by atoms with E-state index in [4.69, 9.17) is 4.42 Å². The Hall–Kier alpha value is -2.39. The predicted molar refractivity (Wildman–Crippen MR) is 107 cm³/mol. The second-order valence-electron chi connectivity index (χ2n) is 6.17. The zero-order chi connectivity index (χ0) is 19.1. The second-order valence-corrected chi connectivity index (χ2v) is 8.53. The molecule has 1 unspecified atom stereocenters. The van der Waals surface area contributed by atoms with E-state index in [1.807, 2.05) is 38.1 Å². The van der Waals surface area contributed by atoms with Gasteiger partial charge in [-0.25, -0.2) is 0 Å². The number of carbonyl (C=O) groups excluding carboxylic acids is 1. The highest BCUT2D eigenvalue weighted by Crippen LogP contribution is 2.32. The van der Waals surface area contributed by atoms with E-state index in [0.717, 1.165) is 15.7 Å². The Balaban J connectivity index is 1.55. The number of pyridine rings is 1. The van der Waals surface area contributed by atoms with Gasteiger partial charge in [0.05, 0.1) is 18.1 Å². The van der Waals surface area contributed by atoms with E-state index in [9.17, 15) is 4.79 Å². The van der Waals surface area contributed by atoms with E-state index >= 15 is 0 Å². The average molecular weight is 404 g/mol. The first-order valence-corrected chi connectivity index (χ1v) is 10.2. The van der Waals surface area contributed by atoms with E-state index in [1.165, 1.54) is 23.1 Å². The molecule has 0 radical (unpaired) electrons. The summed E-state index contributed by atoms with van der Waals surface area (Å²) in [7, 11) is 0. The fourth-order valence-corrected chi connectivity index (χ4v) is 4.28. The van der Waals surface area contributed by atoms with E-state index in [1.54, 1.807) is 18.7 Å². The lowest BCUT2D eigenvalue weighted by atomic mass is 10.1. The van der Waals surface area contributed by atoms with Crippen LogP contribution < -0.4 is 10.6 Å². The second kappa shape index (κ2) is 9.52. The predicted octanol–water partition coefficient (Wildman–Crippen LogP) is 3.57. The first-order chi connectivity index (χ1) is 13.1. The van der Waals surface area contributed by atoms with Gasteiger partial charge in [0.1, 0.15) is 5.76 Å². The van der Waals surface area contributed by atoms with Crippen LogP contribution in [0.5, 0.6) is 0 Å². The summed E-state index contributed by atoms with van der Waals surface area (Å²) < 4.78 is 6.04. The van der Waals surface area contributed by atoms with Crippen LogP contribution in [0, 0.1) is 5.92 Å².